The quantitative estimate of drug-likeness (QED) is 0.213. The van der Waals surface area contributed by atoms with Crippen LogP contribution in [-0.4, -0.2) is 25.3 Å². The zero-order chi connectivity index (χ0) is 17.7. The number of unbranched alkanes of at least 4 members (excludes halogenated alkanes) is 9. The molecule has 0 fully saturated rings. The summed E-state index contributed by atoms with van der Waals surface area (Å²) < 4.78 is 0.578. The Morgan fingerprint density at radius 1 is 0.750 bits per heavy atom. The number of hydroxylamine groups is 3. The lowest BCUT2D eigenvalue weighted by atomic mass is 10.0. The van der Waals surface area contributed by atoms with Crippen LogP contribution in [0.4, 0.5) is 0 Å². The first-order valence-corrected chi connectivity index (χ1v) is 10.2. The summed E-state index contributed by atoms with van der Waals surface area (Å²) in [7, 11) is 4.22. The maximum absolute atomic E-state index is 6.16. The van der Waals surface area contributed by atoms with Crippen molar-refractivity contribution in [3.63, 3.8) is 0 Å². The average Bonchev–Trinajstić information content (AvgIpc) is 2.57. The third kappa shape index (κ3) is 9.32. The number of aryl methyl sites for hydroxylation is 1. The van der Waals surface area contributed by atoms with E-state index in [1.54, 1.807) is 0 Å². The SMILES string of the molecule is CCCCCCCCCCCCc1ccccc1O[N+](C)(C)CC. The van der Waals surface area contributed by atoms with Gasteiger partial charge in [0.25, 0.3) is 0 Å². The Balaban J connectivity index is 2.19. The fourth-order valence-corrected chi connectivity index (χ4v) is 2.93. The van der Waals surface area contributed by atoms with E-state index in [1.165, 1.54) is 69.8 Å². The maximum Gasteiger partial charge on any atom is 0.193 e. The zero-order valence-corrected chi connectivity index (χ0v) is 16.7. The van der Waals surface area contributed by atoms with Crippen LogP contribution in [0, 0.1) is 0 Å². The summed E-state index contributed by atoms with van der Waals surface area (Å²) in [6, 6.07) is 8.54. The highest BCUT2D eigenvalue weighted by atomic mass is 16.7. The Labute approximate surface area is 150 Å². The third-order valence-corrected chi connectivity index (χ3v) is 4.88. The lowest BCUT2D eigenvalue weighted by Gasteiger charge is -2.26. The van der Waals surface area contributed by atoms with E-state index in [9.17, 15) is 0 Å². The van der Waals surface area contributed by atoms with Crippen LogP contribution in [0.1, 0.15) is 83.6 Å². The van der Waals surface area contributed by atoms with Gasteiger partial charge in [-0.3, -0.25) is 0 Å². The number of hydrogen-bond acceptors (Lipinski definition) is 1. The van der Waals surface area contributed by atoms with Crippen molar-refractivity contribution in [1.82, 2.24) is 0 Å². The summed E-state index contributed by atoms with van der Waals surface area (Å²) in [5, 5.41) is 0. The van der Waals surface area contributed by atoms with Gasteiger partial charge in [0.05, 0.1) is 0 Å². The van der Waals surface area contributed by atoms with Crippen LogP contribution in [0.5, 0.6) is 5.75 Å². The molecule has 0 atom stereocenters. The minimum absolute atomic E-state index is 0.578. The van der Waals surface area contributed by atoms with Crippen LogP contribution in [0.15, 0.2) is 24.3 Å². The molecule has 0 aliphatic carbocycles. The van der Waals surface area contributed by atoms with E-state index in [1.807, 2.05) is 0 Å². The zero-order valence-electron chi connectivity index (χ0n) is 16.7. The highest BCUT2D eigenvalue weighted by Gasteiger charge is 2.17. The minimum atomic E-state index is 0.578. The van der Waals surface area contributed by atoms with Gasteiger partial charge in [-0.1, -0.05) is 82.9 Å². The summed E-state index contributed by atoms with van der Waals surface area (Å²) >= 11 is 0. The average molecular weight is 335 g/mol. The fraction of sp³-hybridized carbons (Fsp3) is 0.727. The first-order chi connectivity index (χ1) is 11.6. The molecule has 2 heteroatoms. The van der Waals surface area contributed by atoms with Crippen LogP contribution in [-0.2, 0) is 6.42 Å². The molecule has 0 saturated carbocycles. The highest BCUT2D eigenvalue weighted by molar-refractivity contribution is 5.32. The smallest absolute Gasteiger partial charge is 0.193 e. The molecule has 0 heterocycles. The standard InChI is InChI=1S/C22H40NO/c1-5-7-8-9-10-11-12-13-14-15-18-21-19-16-17-20-22(21)24-23(3,4)6-2/h16-17,19-20H,5-15,18H2,1-4H3/q+1. The van der Waals surface area contributed by atoms with E-state index in [4.69, 9.17) is 4.84 Å². The van der Waals surface area contributed by atoms with Gasteiger partial charge in [-0.15, -0.1) is 4.65 Å². The maximum atomic E-state index is 6.16. The van der Waals surface area contributed by atoms with E-state index < -0.39 is 0 Å². The summed E-state index contributed by atoms with van der Waals surface area (Å²) in [6.07, 6.45) is 15.0. The van der Waals surface area contributed by atoms with Gasteiger partial charge in [0.2, 0.25) is 0 Å². The van der Waals surface area contributed by atoms with Crippen molar-refractivity contribution in [1.29, 1.82) is 0 Å². The molecule has 0 N–H and O–H groups in total. The number of quaternary nitrogens is 1. The summed E-state index contributed by atoms with van der Waals surface area (Å²) in [5.41, 5.74) is 1.36. The molecule has 0 aromatic heterocycles. The summed E-state index contributed by atoms with van der Waals surface area (Å²) in [4.78, 5) is 6.16. The van der Waals surface area contributed by atoms with Gasteiger partial charge in [0.15, 0.2) is 5.75 Å². The molecule has 1 aromatic rings. The predicted molar refractivity (Wildman–Crippen MR) is 105 cm³/mol. The van der Waals surface area contributed by atoms with Gasteiger partial charge < -0.3 is 4.84 Å². The normalized spacial score (nSPS) is 11.7. The number of rotatable bonds is 14. The van der Waals surface area contributed by atoms with Crippen LogP contribution < -0.4 is 4.84 Å². The molecule has 0 radical (unpaired) electrons. The molecule has 0 saturated heterocycles. The van der Waals surface area contributed by atoms with Gasteiger partial charge in [-0.05, 0) is 25.8 Å². The van der Waals surface area contributed by atoms with Crippen LogP contribution in [0.25, 0.3) is 0 Å². The van der Waals surface area contributed by atoms with E-state index >= 15 is 0 Å². The molecule has 0 aliphatic heterocycles. The molecular formula is C22H40NO+. The Kier molecular flexibility index (Phi) is 10.8. The van der Waals surface area contributed by atoms with E-state index in [-0.39, 0.29) is 0 Å². The third-order valence-electron chi connectivity index (χ3n) is 4.88. The topological polar surface area (TPSA) is 9.23 Å². The summed E-state index contributed by atoms with van der Waals surface area (Å²) in [5.74, 6) is 1.06. The number of para-hydroxylation sites is 1. The summed E-state index contributed by atoms with van der Waals surface area (Å²) in [6.45, 7) is 5.41. The second-order valence-corrected chi connectivity index (χ2v) is 7.52. The van der Waals surface area contributed by atoms with Gasteiger partial charge in [0.1, 0.15) is 20.6 Å². The molecule has 138 valence electrons. The second-order valence-electron chi connectivity index (χ2n) is 7.52. The Hall–Kier alpha value is -1.02. The van der Waals surface area contributed by atoms with Gasteiger partial charge in [0, 0.05) is 5.56 Å². The molecule has 0 spiro atoms. The molecule has 0 aliphatic rings. The Morgan fingerprint density at radius 2 is 1.29 bits per heavy atom. The number of nitrogens with zero attached hydrogens (tertiary/aromatic N) is 1. The predicted octanol–water partition coefficient (Wildman–Crippen LogP) is 6.54. The number of benzene rings is 1. The molecule has 2 nitrogen and oxygen atoms in total. The van der Waals surface area contributed by atoms with Crippen molar-refractivity contribution in [2.45, 2.75) is 84.5 Å². The number of hydrogen-bond donors (Lipinski definition) is 0. The van der Waals surface area contributed by atoms with Gasteiger partial charge >= 0.3 is 0 Å². The largest absolute Gasteiger partial charge is 0.316 e. The van der Waals surface area contributed by atoms with E-state index in [2.05, 4.69) is 52.2 Å². The minimum Gasteiger partial charge on any atom is -0.316 e. The Bertz CT molecular complexity index is 428. The molecule has 24 heavy (non-hydrogen) atoms. The van der Waals surface area contributed by atoms with Crippen molar-refractivity contribution in [2.24, 2.45) is 0 Å². The lowest BCUT2D eigenvalue weighted by Crippen LogP contribution is -2.42. The van der Waals surface area contributed by atoms with Crippen molar-refractivity contribution in [2.75, 3.05) is 20.6 Å². The van der Waals surface area contributed by atoms with Crippen LogP contribution >= 0.6 is 0 Å². The molecule has 0 bridgehead atoms. The van der Waals surface area contributed by atoms with Gasteiger partial charge in [-0.25, -0.2) is 0 Å². The van der Waals surface area contributed by atoms with Gasteiger partial charge in [-0.2, -0.15) is 0 Å². The van der Waals surface area contributed by atoms with Crippen molar-refractivity contribution in [3.8, 4) is 5.75 Å². The molecule has 0 amide bonds. The van der Waals surface area contributed by atoms with Crippen molar-refractivity contribution < 1.29 is 9.48 Å². The Morgan fingerprint density at radius 3 is 1.88 bits per heavy atom. The lowest BCUT2D eigenvalue weighted by molar-refractivity contribution is -1.05. The van der Waals surface area contributed by atoms with Crippen LogP contribution in [0.3, 0.4) is 0 Å². The molecule has 1 rings (SSSR count). The first-order valence-electron chi connectivity index (χ1n) is 10.2. The first kappa shape index (κ1) is 21.0. The molecule has 1 aromatic carbocycles. The second kappa shape index (κ2) is 12.4. The van der Waals surface area contributed by atoms with Crippen molar-refractivity contribution in [3.05, 3.63) is 29.8 Å². The monoisotopic (exact) mass is 334 g/mol. The molecular weight excluding hydrogens is 294 g/mol. The van der Waals surface area contributed by atoms with E-state index in [0.717, 1.165) is 18.7 Å². The van der Waals surface area contributed by atoms with Crippen molar-refractivity contribution >= 4 is 0 Å². The fourth-order valence-electron chi connectivity index (χ4n) is 2.93. The van der Waals surface area contributed by atoms with Crippen LogP contribution in [0.2, 0.25) is 0 Å². The van der Waals surface area contributed by atoms with E-state index in [0.29, 0.717) is 4.65 Å². The highest BCUT2D eigenvalue weighted by Crippen LogP contribution is 2.23. The molecule has 0 unspecified atom stereocenters.